The molecule has 4 nitrogen and oxygen atoms in total. The van der Waals surface area contributed by atoms with E-state index in [0.29, 0.717) is 0 Å². The Morgan fingerprint density at radius 2 is 2.10 bits per heavy atom. The fourth-order valence-electron chi connectivity index (χ4n) is 1.44. The molecule has 0 aromatic heterocycles. The third kappa shape index (κ3) is 4.66. The summed E-state index contributed by atoms with van der Waals surface area (Å²) < 4.78 is 45.5. The van der Waals surface area contributed by atoms with Crippen molar-refractivity contribution in [3.8, 4) is 11.8 Å². The second-order valence-corrected chi connectivity index (χ2v) is 4.10. The van der Waals surface area contributed by atoms with Gasteiger partial charge in [-0.3, -0.25) is 4.79 Å². The van der Waals surface area contributed by atoms with E-state index in [-0.39, 0.29) is 22.6 Å². The Morgan fingerprint density at radius 3 is 2.60 bits per heavy atom. The third-order valence-electron chi connectivity index (χ3n) is 2.17. The maximum absolute atomic E-state index is 12.3. The molecule has 0 aliphatic carbocycles. The molecular formula is C12H10F3NO3S. The molecule has 20 heavy (non-hydrogen) atoms. The standard InChI is InChI=1S/C12H10F3NO3S/c1-2-18-11(17)5-8-9(19-12(13,14)15)3-7(6-16)4-10(8)20/h3-4,20H,2,5H2,1H3. The van der Waals surface area contributed by atoms with Crippen LogP contribution in [0.4, 0.5) is 13.2 Å². The molecule has 1 aromatic rings. The number of ether oxygens (including phenoxy) is 2. The zero-order valence-electron chi connectivity index (χ0n) is 10.3. The molecular weight excluding hydrogens is 295 g/mol. The summed E-state index contributed by atoms with van der Waals surface area (Å²) in [4.78, 5) is 11.4. The summed E-state index contributed by atoms with van der Waals surface area (Å²) in [5.74, 6) is -1.34. The van der Waals surface area contributed by atoms with Crippen LogP contribution < -0.4 is 4.74 Å². The summed E-state index contributed by atoms with van der Waals surface area (Å²) >= 11 is 3.98. The van der Waals surface area contributed by atoms with E-state index in [2.05, 4.69) is 22.1 Å². The first kappa shape index (κ1) is 16.2. The van der Waals surface area contributed by atoms with Crippen LogP contribution in [-0.4, -0.2) is 18.9 Å². The van der Waals surface area contributed by atoms with Gasteiger partial charge in [0, 0.05) is 10.5 Å². The largest absolute Gasteiger partial charge is 0.573 e. The predicted molar refractivity (Wildman–Crippen MR) is 65.4 cm³/mol. The van der Waals surface area contributed by atoms with Crippen LogP contribution in [0, 0.1) is 11.3 Å². The second-order valence-electron chi connectivity index (χ2n) is 3.61. The number of benzene rings is 1. The van der Waals surface area contributed by atoms with Crippen molar-refractivity contribution >= 4 is 18.6 Å². The molecule has 1 aromatic carbocycles. The van der Waals surface area contributed by atoms with E-state index in [0.717, 1.165) is 6.07 Å². The monoisotopic (exact) mass is 305 g/mol. The third-order valence-corrected chi connectivity index (χ3v) is 2.57. The van der Waals surface area contributed by atoms with Gasteiger partial charge in [-0.05, 0) is 19.1 Å². The highest BCUT2D eigenvalue weighted by atomic mass is 32.1. The fourth-order valence-corrected chi connectivity index (χ4v) is 1.77. The number of esters is 1. The van der Waals surface area contributed by atoms with Gasteiger partial charge >= 0.3 is 12.3 Å². The minimum atomic E-state index is -4.93. The Labute approximate surface area is 118 Å². The van der Waals surface area contributed by atoms with Gasteiger partial charge in [-0.1, -0.05) is 0 Å². The number of nitrogens with zero attached hydrogens (tertiary/aromatic N) is 1. The van der Waals surface area contributed by atoms with Crippen molar-refractivity contribution in [3.05, 3.63) is 23.3 Å². The molecule has 0 fully saturated rings. The molecule has 0 N–H and O–H groups in total. The summed E-state index contributed by atoms with van der Waals surface area (Å²) in [6, 6.07) is 3.84. The minimum absolute atomic E-state index is 0.0522. The highest BCUT2D eigenvalue weighted by molar-refractivity contribution is 7.80. The fraction of sp³-hybridized carbons (Fsp3) is 0.333. The lowest BCUT2D eigenvalue weighted by Gasteiger charge is -2.15. The van der Waals surface area contributed by atoms with Crippen LogP contribution in [0.1, 0.15) is 18.1 Å². The maximum atomic E-state index is 12.3. The van der Waals surface area contributed by atoms with Crippen LogP contribution in [0.5, 0.6) is 5.75 Å². The quantitative estimate of drug-likeness (QED) is 0.686. The molecule has 0 amide bonds. The summed E-state index contributed by atoms with van der Waals surface area (Å²) in [6.45, 7) is 1.68. The lowest BCUT2D eigenvalue weighted by atomic mass is 10.1. The molecule has 108 valence electrons. The van der Waals surface area contributed by atoms with E-state index in [4.69, 9.17) is 5.26 Å². The highest BCUT2D eigenvalue weighted by Crippen LogP contribution is 2.32. The number of carbonyl (C=O) groups excluding carboxylic acids is 1. The predicted octanol–water partition coefficient (Wildman–Crippen LogP) is 2.85. The first-order chi connectivity index (χ1) is 9.26. The normalized spacial score (nSPS) is 10.8. The summed E-state index contributed by atoms with van der Waals surface area (Å²) in [6.07, 6.45) is -5.36. The van der Waals surface area contributed by atoms with Crippen molar-refractivity contribution < 1.29 is 27.4 Å². The van der Waals surface area contributed by atoms with Crippen LogP contribution in [0.15, 0.2) is 17.0 Å². The SMILES string of the molecule is CCOC(=O)Cc1c(S)cc(C#N)cc1OC(F)(F)F. The molecule has 8 heteroatoms. The molecule has 0 spiro atoms. The summed E-state index contributed by atoms with van der Waals surface area (Å²) in [7, 11) is 0. The van der Waals surface area contributed by atoms with Crippen LogP contribution in [-0.2, 0) is 16.0 Å². The number of halogens is 3. The lowest BCUT2D eigenvalue weighted by Crippen LogP contribution is -2.19. The topological polar surface area (TPSA) is 59.3 Å². The molecule has 1 rings (SSSR count). The number of hydrogen-bond donors (Lipinski definition) is 1. The molecule has 0 aliphatic rings. The van der Waals surface area contributed by atoms with Gasteiger partial charge in [-0.25, -0.2) is 0 Å². The van der Waals surface area contributed by atoms with Crippen molar-refractivity contribution in [2.45, 2.75) is 24.6 Å². The van der Waals surface area contributed by atoms with Crippen LogP contribution in [0.2, 0.25) is 0 Å². The molecule has 0 aliphatic heterocycles. The molecule has 0 bridgehead atoms. The van der Waals surface area contributed by atoms with Crippen LogP contribution >= 0.6 is 12.6 Å². The molecule has 0 unspecified atom stereocenters. The Bertz CT molecular complexity index is 552. The maximum Gasteiger partial charge on any atom is 0.573 e. The number of alkyl halides is 3. The Hall–Kier alpha value is -1.88. The van der Waals surface area contributed by atoms with Crippen molar-refractivity contribution in [3.63, 3.8) is 0 Å². The Balaban J connectivity index is 3.19. The van der Waals surface area contributed by atoms with Gasteiger partial charge in [0.05, 0.1) is 24.7 Å². The number of hydrogen-bond acceptors (Lipinski definition) is 5. The molecule has 0 saturated carbocycles. The number of thiol groups is 1. The first-order valence-corrected chi connectivity index (χ1v) is 5.89. The minimum Gasteiger partial charge on any atom is -0.466 e. The van der Waals surface area contributed by atoms with E-state index in [1.165, 1.54) is 6.07 Å². The van der Waals surface area contributed by atoms with Gasteiger partial charge in [0.2, 0.25) is 0 Å². The zero-order valence-corrected chi connectivity index (χ0v) is 11.2. The molecule has 0 atom stereocenters. The highest BCUT2D eigenvalue weighted by Gasteiger charge is 2.33. The number of rotatable bonds is 4. The summed E-state index contributed by atoms with van der Waals surface area (Å²) in [5, 5.41) is 8.73. The lowest BCUT2D eigenvalue weighted by molar-refractivity contribution is -0.275. The number of carbonyl (C=O) groups is 1. The molecule has 0 saturated heterocycles. The average molecular weight is 305 g/mol. The average Bonchev–Trinajstić information content (AvgIpc) is 2.31. The van der Waals surface area contributed by atoms with E-state index < -0.39 is 24.5 Å². The zero-order chi connectivity index (χ0) is 15.3. The van der Waals surface area contributed by atoms with E-state index in [1.807, 2.05) is 0 Å². The van der Waals surface area contributed by atoms with Gasteiger partial charge in [0.1, 0.15) is 5.75 Å². The van der Waals surface area contributed by atoms with Crippen LogP contribution in [0.25, 0.3) is 0 Å². The van der Waals surface area contributed by atoms with E-state index in [9.17, 15) is 18.0 Å². The van der Waals surface area contributed by atoms with Crippen molar-refractivity contribution in [1.29, 1.82) is 5.26 Å². The van der Waals surface area contributed by atoms with Gasteiger partial charge < -0.3 is 9.47 Å². The smallest absolute Gasteiger partial charge is 0.466 e. The van der Waals surface area contributed by atoms with E-state index >= 15 is 0 Å². The van der Waals surface area contributed by atoms with E-state index in [1.54, 1.807) is 13.0 Å². The second kappa shape index (κ2) is 6.52. The Kier molecular flexibility index (Phi) is 5.27. The van der Waals surface area contributed by atoms with Gasteiger partial charge in [0.15, 0.2) is 0 Å². The van der Waals surface area contributed by atoms with Gasteiger partial charge in [-0.2, -0.15) is 5.26 Å². The molecule has 0 heterocycles. The van der Waals surface area contributed by atoms with Crippen molar-refractivity contribution in [2.24, 2.45) is 0 Å². The van der Waals surface area contributed by atoms with Crippen LogP contribution in [0.3, 0.4) is 0 Å². The summed E-state index contributed by atoms with van der Waals surface area (Å²) in [5.41, 5.74) is -0.134. The molecule has 0 radical (unpaired) electrons. The first-order valence-electron chi connectivity index (χ1n) is 5.44. The van der Waals surface area contributed by atoms with Gasteiger partial charge in [0.25, 0.3) is 0 Å². The number of nitriles is 1. The van der Waals surface area contributed by atoms with Crippen molar-refractivity contribution in [1.82, 2.24) is 0 Å². The Morgan fingerprint density at radius 1 is 1.45 bits per heavy atom. The van der Waals surface area contributed by atoms with Crippen molar-refractivity contribution in [2.75, 3.05) is 6.61 Å². The van der Waals surface area contributed by atoms with Gasteiger partial charge in [-0.15, -0.1) is 25.8 Å².